The van der Waals surface area contributed by atoms with Gasteiger partial charge in [-0.2, -0.15) is 0 Å². The lowest BCUT2D eigenvalue weighted by atomic mass is 10.1. The van der Waals surface area contributed by atoms with Crippen LogP contribution in [-0.4, -0.2) is 69.2 Å². The second kappa shape index (κ2) is 7.56. The fourth-order valence-electron chi connectivity index (χ4n) is 2.43. The van der Waals surface area contributed by atoms with Crippen LogP contribution in [0.4, 0.5) is 0 Å². The number of hydrazine groups is 1. The van der Waals surface area contributed by atoms with Gasteiger partial charge in [-0.05, 0) is 26.4 Å². The minimum absolute atomic E-state index is 0.558. The molecule has 0 aromatic heterocycles. The van der Waals surface area contributed by atoms with Crippen LogP contribution in [0.25, 0.3) is 0 Å². The van der Waals surface area contributed by atoms with E-state index in [-0.39, 0.29) is 0 Å². The van der Waals surface area contributed by atoms with Crippen molar-refractivity contribution >= 4 is 5.96 Å². The van der Waals surface area contributed by atoms with Gasteiger partial charge in [0.25, 0.3) is 0 Å². The molecule has 0 aromatic carbocycles. The van der Waals surface area contributed by atoms with E-state index in [0.717, 1.165) is 38.6 Å². The number of methoxy groups -OCH3 is 1. The Kier molecular flexibility index (Phi) is 6.38. The number of nitrogens with two attached hydrogens (primary N) is 1. The normalized spacial score (nSPS) is 25.0. The molecule has 1 aliphatic heterocycles. The van der Waals surface area contributed by atoms with Crippen LogP contribution in [0.15, 0.2) is 4.99 Å². The second-order valence-corrected chi connectivity index (χ2v) is 5.11. The van der Waals surface area contributed by atoms with E-state index in [1.807, 2.05) is 0 Å². The summed E-state index contributed by atoms with van der Waals surface area (Å²) in [5, 5.41) is 0. The third kappa shape index (κ3) is 4.12. The predicted molar refractivity (Wildman–Crippen MR) is 74.3 cm³/mol. The molecule has 1 saturated heterocycles. The Bertz CT molecular complexity index is 269. The molecule has 0 radical (unpaired) electrons. The van der Waals surface area contributed by atoms with Crippen LogP contribution in [0.5, 0.6) is 0 Å². The lowest BCUT2D eigenvalue weighted by molar-refractivity contribution is 0.197. The first-order chi connectivity index (χ1) is 8.60. The van der Waals surface area contributed by atoms with Gasteiger partial charge in [0.2, 0.25) is 5.96 Å². The number of hydrogen-bond acceptors (Lipinski definition) is 4. The zero-order valence-corrected chi connectivity index (χ0v) is 12.0. The van der Waals surface area contributed by atoms with E-state index in [0.29, 0.717) is 12.0 Å². The number of guanidine groups is 1. The molecule has 18 heavy (non-hydrogen) atoms. The van der Waals surface area contributed by atoms with E-state index in [4.69, 9.17) is 10.6 Å². The van der Waals surface area contributed by atoms with E-state index >= 15 is 0 Å². The van der Waals surface area contributed by atoms with Crippen LogP contribution < -0.4 is 11.3 Å². The Morgan fingerprint density at radius 3 is 2.72 bits per heavy atom. The summed E-state index contributed by atoms with van der Waals surface area (Å²) < 4.78 is 5.01. The summed E-state index contributed by atoms with van der Waals surface area (Å²) in [6.45, 7) is 5.71. The maximum absolute atomic E-state index is 5.57. The molecule has 0 amide bonds. The van der Waals surface area contributed by atoms with Crippen molar-refractivity contribution in [1.82, 2.24) is 15.2 Å². The first kappa shape index (κ1) is 15.2. The quantitative estimate of drug-likeness (QED) is 0.233. The maximum Gasteiger partial charge on any atom is 0.208 e. The number of aliphatic imine (C=N–C) groups is 1. The lowest BCUT2D eigenvalue weighted by Gasteiger charge is -2.23. The monoisotopic (exact) mass is 257 g/mol. The summed E-state index contributed by atoms with van der Waals surface area (Å²) in [7, 11) is 5.95. The number of ether oxygens (including phenoxy) is 1. The molecule has 1 fully saturated rings. The Morgan fingerprint density at radius 1 is 1.50 bits per heavy atom. The third-order valence-electron chi connectivity index (χ3n) is 3.43. The number of likely N-dealkylation sites (N-methyl/N-ethyl adjacent to an activating group) is 1. The SMILES string of the molecule is COCCCN=C(NN)N1CC(C)C(N(C)C)C1. The van der Waals surface area contributed by atoms with Gasteiger partial charge in [0.05, 0.1) is 0 Å². The predicted octanol–water partition coefficient (Wildman–Crippen LogP) is -0.276. The number of nitrogens with zero attached hydrogens (tertiary/aromatic N) is 3. The topological polar surface area (TPSA) is 66.1 Å². The first-order valence-electron chi connectivity index (χ1n) is 6.51. The van der Waals surface area contributed by atoms with Crippen LogP contribution in [-0.2, 0) is 4.74 Å². The number of nitrogens with one attached hydrogen (secondary N) is 1. The largest absolute Gasteiger partial charge is 0.385 e. The Balaban J connectivity index is 2.51. The number of likely N-dealkylation sites (tertiary alicyclic amines) is 1. The van der Waals surface area contributed by atoms with E-state index in [9.17, 15) is 0 Å². The highest BCUT2D eigenvalue weighted by Gasteiger charge is 2.32. The smallest absolute Gasteiger partial charge is 0.208 e. The Morgan fingerprint density at radius 2 is 2.22 bits per heavy atom. The molecule has 6 heteroatoms. The summed E-state index contributed by atoms with van der Waals surface area (Å²) in [6, 6.07) is 0.558. The van der Waals surface area contributed by atoms with Crippen molar-refractivity contribution in [2.24, 2.45) is 16.8 Å². The van der Waals surface area contributed by atoms with E-state index in [2.05, 4.69) is 41.2 Å². The molecule has 2 unspecified atom stereocenters. The van der Waals surface area contributed by atoms with Crippen molar-refractivity contribution in [3.8, 4) is 0 Å². The van der Waals surface area contributed by atoms with Gasteiger partial charge in [0.1, 0.15) is 0 Å². The fraction of sp³-hybridized carbons (Fsp3) is 0.917. The van der Waals surface area contributed by atoms with Gasteiger partial charge in [-0.25, -0.2) is 5.84 Å². The average molecular weight is 257 g/mol. The molecule has 106 valence electrons. The highest BCUT2D eigenvalue weighted by Crippen LogP contribution is 2.19. The Labute approximate surface area is 110 Å². The fourth-order valence-corrected chi connectivity index (χ4v) is 2.43. The van der Waals surface area contributed by atoms with Crippen LogP contribution in [0, 0.1) is 5.92 Å². The second-order valence-electron chi connectivity index (χ2n) is 5.11. The zero-order valence-electron chi connectivity index (χ0n) is 12.0. The number of rotatable bonds is 5. The summed E-state index contributed by atoms with van der Waals surface area (Å²) in [5.74, 6) is 6.98. The van der Waals surface area contributed by atoms with Crippen molar-refractivity contribution in [2.45, 2.75) is 19.4 Å². The third-order valence-corrected chi connectivity index (χ3v) is 3.43. The minimum Gasteiger partial charge on any atom is -0.385 e. The lowest BCUT2D eigenvalue weighted by Crippen LogP contribution is -2.45. The molecular weight excluding hydrogens is 230 g/mol. The van der Waals surface area contributed by atoms with Gasteiger partial charge in [-0.1, -0.05) is 6.92 Å². The molecule has 2 atom stereocenters. The van der Waals surface area contributed by atoms with Crippen molar-refractivity contribution in [3.05, 3.63) is 0 Å². The molecule has 3 N–H and O–H groups in total. The average Bonchev–Trinajstić information content (AvgIpc) is 2.71. The van der Waals surface area contributed by atoms with Gasteiger partial charge in [0, 0.05) is 39.4 Å². The number of hydrogen-bond donors (Lipinski definition) is 2. The minimum atomic E-state index is 0.558. The van der Waals surface area contributed by atoms with Gasteiger partial charge in [-0.3, -0.25) is 10.4 Å². The van der Waals surface area contributed by atoms with Crippen LogP contribution >= 0.6 is 0 Å². The van der Waals surface area contributed by atoms with Gasteiger partial charge in [-0.15, -0.1) is 0 Å². The highest BCUT2D eigenvalue weighted by atomic mass is 16.5. The van der Waals surface area contributed by atoms with E-state index < -0.39 is 0 Å². The van der Waals surface area contributed by atoms with Gasteiger partial charge >= 0.3 is 0 Å². The molecule has 0 saturated carbocycles. The molecule has 1 aliphatic rings. The molecule has 0 aliphatic carbocycles. The summed E-state index contributed by atoms with van der Waals surface area (Å²) >= 11 is 0. The zero-order chi connectivity index (χ0) is 13.5. The molecule has 1 rings (SSSR count). The summed E-state index contributed by atoms with van der Waals surface area (Å²) in [4.78, 5) is 8.99. The maximum atomic E-state index is 5.57. The van der Waals surface area contributed by atoms with Crippen molar-refractivity contribution in [3.63, 3.8) is 0 Å². The standard InChI is InChI=1S/C12H27N5O/c1-10-8-17(9-11(10)16(2)3)12(15-13)14-6-5-7-18-4/h10-11H,5-9,13H2,1-4H3,(H,14,15). The van der Waals surface area contributed by atoms with Gasteiger partial charge in [0.15, 0.2) is 0 Å². The Hall–Kier alpha value is -0.850. The molecule has 0 aromatic rings. The summed E-state index contributed by atoms with van der Waals surface area (Å²) in [6.07, 6.45) is 0.919. The molecule has 0 spiro atoms. The highest BCUT2D eigenvalue weighted by molar-refractivity contribution is 5.79. The van der Waals surface area contributed by atoms with Crippen molar-refractivity contribution < 1.29 is 4.74 Å². The van der Waals surface area contributed by atoms with Gasteiger partial charge < -0.3 is 14.5 Å². The molecule has 6 nitrogen and oxygen atoms in total. The summed E-state index contributed by atoms with van der Waals surface area (Å²) in [5.41, 5.74) is 2.72. The van der Waals surface area contributed by atoms with Crippen LogP contribution in [0.3, 0.4) is 0 Å². The van der Waals surface area contributed by atoms with Crippen LogP contribution in [0.2, 0.25) is 0 Å². The van der Waals surface area contributed by atoms with Crippen molar-refractivity contribution in [2.75, 3.05) is 47.4 Å². The van der Waals surface area contributed by atoms with Crippen LogP contribution in [0.1, 0.15) is 13.3 Å². The molecular formula is C12H27N5O. The molecule has 0 bridgehead atoms. The first-order valence-corrected chi connectivity index (χ1v) is 6.51. The van der Waals surface area contributed by atoms with E-state index in [1.165, 1.54) is 0 Å². The molecule has 1 heterocycles. The van der Waals surface area contributed by atoms with E-state index in [1.54, 1.807) is 7.11 Å². The van der Waals surface area contributed by atoms with Crippen molar-refractivity contribution in [1.29, 1.82) is 0 Å².